The zero-order valence-corrected chi connectivity index (χ0v) is 15.6. The first-order valence-electron chi connectivity index (χ1n) is 9.52. The lowest BCUT2D eigenvalue weighted by atomic mass is 9.94. The molecule has 0 fully saturated rings. The normalized spacial score (nSPS) is 11.2. The van der Waals surface area contributed by atoms with E-state index in [1.54, 1.807) is 12.1 Å². The fourth-order valence-electron chi connectivity index (χ4n) is 3.85. The van der Waals surface area contributed by atoms with E-state index in [9.17, 15) is 9.90 Å². The maximum absolute atomic E-state index is 13.4. The Kier molecular flexibility index (Phi) is 4.14. The van der Waals surface area contributed by atoms with Gasteiger partial charge in [-0.15, -0.1) is 0 Å². The molecule has 0 saturated heterocycles. The van der Waals surface area contributed by atoms with Crippen molar-refractivity contribution in [2.75, 3.05) is 0 Å². The smallest absolute Gasteiger partial charge is 0.196 e. The Morgan fingerprint density at radius 2 is 1.38 bits per heavy atom. The van der Waals surface area contributed by atoms with Crippen molar-refractivity contribution in [3.05, 3.63) is 112 Å². The second kappa shape index (κ2) is 6.95. The number of phenolic OH excluding ortho intramolecular Hbond substituents is 1. The van der Waals surface area contributed by atoms with Crippen molar-refractivity contribution < 1.29 is 9.52 Å². The van der Waals surface area contributed by atoms with Gasteiger partial charge < -0.3 is 9.52 Å². The Hall–Kier alpha value is -3.85. The summed E-state index contributed by atoms with van der Waals surface area (Å²) in [5.74, 6) is 0.719. The monoisotopic (exact) mass is 378 g/mol. The molecule has 0 aliphatic carbocycles. The summed E-state index contributed by atoms with van der Waals surface area (Å²) in [5, 5.41) is 13.1. The number of phenols is 1. The van der Waals surface area contributed by atoms with Gasteiger partial charge in [-0.05, 0) is 29.0 Å². The number of fused-ring (bicyclic) bond motifs is 2. The average molecular weight is 378 g/mol. The van der Waals surface area contributed by atoms with E-state index in [1.807, 2.05) is 78.9 Å². The molecule has 0 aliphatic rings. The minimum Gasteiger partial charge on any atom is -0.508 e. The van der Waals surface area contributed by atoms with Crippen LogP contribution in [0.2, 0.25) is 0 Å². The highest BCUT2D eigenvalue weighted by atomic mass is 16.3. The van der Waals surface area contributed by atoms with Gasteiger partial charge in [-0.2, -0.15) is 0 Å². The molecule has 0 aliphatic heterocycles. The molecule has 0 saturated carbocycles. The Labute approximate surface area is 167 Å². The Morgan fingerprint density at radius 1 is 0.690 bits per heavy atom. The zero-order chi connectivity index (χ0) is 19.8. The number of benzene rings is 4. The minimum absolute atomic E-state index is 0.0713. The van der Waals surface area contributed by atoms with E-state index in [0.29, 0.717) is 22.3 Å². The molecule has 0 atom stereocenters. The first kappa shape index (κ1) is 17.3. The van der Waals surface area contributed by atoms with Crippen LogP contribution in [0.25, 0.3) is 33.1 Å². The summed E-state index contributed by atoms with van der Waals surface area (Å²) in [4.78, 5) is 13.4. The van der Waals surface area contributed by atoms with Crippen molar-refractivity contribution in [3.8, 4) is 17.1 Å². The maximum atomic E-state index is 13.4. The molecule has 0 radical (unpaired) electrons. The van der Waals surface area contributed by atoms with Crippen LogP contribution in [0.3, 0.4) is 0 Å². The summed E-state index contributed by atoms with van der Waals surface area (Å²) >= 11 is 0. The van der Waals surface area contributed by atoms with E-state index < -0.39 is 0 Å². The molecule has 140 valence electrons. The van der Waals surface area contributed by atoms with Gasteiger partial charge in [0.15, 0.2) is 5.43 Å². The van der Waals surface area contributed by atoms with Crippen LogP contribution < -0.4 is 5.43 Å². The molecule has 29 heavy (non-hydrogen) atoms. The SMILES string of the molecule is O=c1c(Cc2c(O)ccc3ccccc23)c(-c2ccccc2)oc2ccccc12. The second-order valence-corrected chi connectivity index (χ2v) is 7.06. The molecule has 5 rings (SSSR count). The van der Waals surface area contributed by atoms with Crippen molar-refractivity contribution in [2.24, 2.45) is 0 Å². The van der Waals surface area contributed by atoms with Crippen LogP contribution in [0, 0.1) is 0 Å². The molecule has 0 unspecified atom stereocenters. The van der Waals surface area contributed by atoms with E-state index in [0.717, 1.165) is 21.9 Å². The molecule has 1 aromatic heterocycles. The van der Waals surface area contributed by atoms with Gasteiger partial charge in [-0.25, -0.2) is 0 Å². The van der Waals surface area contributed by atoms with Crippen molar-refractivity contribution in [2.45, 2.75) is 6.42 Å². The predicted octanol–water partition coefficient (Wildman–Crippen LogP) is 5.91. The van der Waals surface area contributed by atoms with Crippen molar-refractivity contribution in [1.82, 2.24) is 0 Å². The van der Waals surface area contributed by atoms with Crippen LogP contribution >= 0.6 is 0 Å². The predicted molar refractivity (Wildman–Crippen MR) is 116 cm³/mol. The average Bonchev–Trinajstić information content (AvgIpc) is 2.77. The van der Waals surface area contributed by atoms with Crippen LogP contribution in [-0.4, -0.2) is 5.11 Å². The maximum Gasteiger partial charge on any atom is 0.196 e. The van der Waals surface area contributed by atoms with Gasteiger partial charge in [-0.3, -0.25) is 4.79 Å². The summed E-state index contributed by atoms with van der Waals surface area (Å²) in [6, 6.07) is 28.3. The highest BCUT2D eigenvalue weighted by molar-refractivity contribution is 5.88. The Morgan fingerprint density at radius 3 is 2.21 bits per heavy atom. The molecule has 4 aromatic carbocycles. The van der Waals surface area contributed by atoms with Crippen LogP contribution in [0.4, 0.5) is 0 Å². The van der Waals surface area contributed by atoms with Crippen LogP contribution in [-0.2, 0) is 6.42 Å². The first-order valence-corrected chi connectivity index (χ1v) is 9.52. The Bertz CT molecular complexity index is 1400. The van der Waals surface area contributed by atoms with Gasteiger partial charge in [0.1, 0.15) is 17.1 Å². The third-order valence-electron chi connectivity index (χ3n) is 5.30. The molecule has 3 nitrogen and oxygen atoms in total. The van der Waals surface area contributed by atoms with Crippen LogP contribution in [0.1, 0.15) is 11.1 Å². The van der Waals surface area contributed by atoms with Crippen molar-refractivity contribution in [3.63, 3.8) is 0 Å². The number of rotatable bonds is 3. The number of hydrogen-bond donors (Lipinski definition) is 1. The minimum atomic E-state index is -0.0713. The molecule has 3 heteroatoms. The molecule has 0 amide bonds. The van der Waals surface area contributed by atoms with Crippen molar-refractivity contribution >= 4 is 21.7 Å². The first-order chi connectivity index (χ1) is 14.2. The summed E-state index contributed by atoms with van der Waals surface area (Å²) in [5.41, 5.74) is 2.59. The number of aromatic hydroxyl groups is 1. The summed E-state index contributed by atoms with van der Waals surface area (Å²) in [6.07, 6.45) is 0.282. The van der Waals surface area contributed by atoms with Crippen LogP contribution in [0.5, 0.6) is 5.75 Å². The van der Waals surface area contributed by atoms with Gasteiger partial charge in [0, 0.05) is 23.1 Å². The Balaban J connectivity index is 1.80. The summed E-state index contributed by atoms with van der Waals surface area (Å²) in [6.45, 7) is 0. The number of hydrogen-bond acceptors (Lipinski definition) is 3. The molecule has 0 spiro atoms. The highest BCUT2D eigenvalue weighted by Gasteiger charge is 2.19. The molecule has 1 N–H and O–H groups in total. The van der Waals surface area contributed by atoms with Crippen LogP contribution in [0.15, 0.2) is 100 Å². The quantitative estimate of drug-likeness (QED) is 0.425. The third kappa shape index (κ3) is 2.97. The molecular formula is C26H18O3. The second-order valence-electron chi connectivity index (χ2n) is 7.06. The standard InChI is InChI=1S/C26H18O3/c27-23-15-14-17-8-4-5-11-19(17)21(23)16-22-25(28)20-12-6-7-13-24(20)29-26(22)18-9-2-1-3-10-18/h1-15,27H,16H2. The molecule has 0 bridgehead atoms. The van der Waals surface area contributed by atoms with E-state index in [-0.39, 0.29) is 17.6 Å². The van der Waals surface area contributed by atoms with E-state index in [2.05, 4.69) is 0 Å². The van der Waals surface area contributed by atoms with Crippen molar-refractivity contribution in [1.29, 1.82) is 0 Å². The van der Waals surface area contributed by atoms with E-state index >= 15 is 0 Å². The van der Waals surface area contributed by atoms with Gasteiger partial charge in [0.2, 0.25) is 0 Å². The largest absolute Gasteiger partial charge is 0.508 e. The third-order valence-corrected chi connectivity index (χ3v) is 5.30. The lowest BCUT2D eigenvalue weighted by Gasteiger charge is -2.13. The topological polar surface area (TPSA) is 50.4 Å². The molecule has 1 heterocycles. The summed E-state index contributed by atoms with van der Waals surface area (Å²) < 4.78 is 6.20. The van der Waals surface area contributed by atoms with Gasteiger partial charge in [0.25, 0.3) is 0 Å². The zero-order valence-electron chi connectivity index (χ0n) is 15.6. The van der Waals surface area contributed by atoms with Gasteiger partial charge in [0.05, 0.1) is 5.39 Å². The van der Waals surface area contributed by atoms with E-state index in [4.69, 9.17) is 4.42 Å². The van der Waals surface area contributed by atoms with Gasteiger partial charge >= 0.3 is 0 Å². The summed E-state index contributed by atoms with van der Waals surface area (Å²) in [7, 11) is 0. The van der Waals surface area contributed by atoms with Gasteiger partial charge in [-0.1, -0.05) is 72.8 Å². The lowest BCUT2D eigenvalue weighted by molar-refractivity contribution is 0.470. The molecular weight excluding hydrogens is 360 g/mol. The van der Waals surface area contributed by atoms with E-state index in [1.165, 1.54) is 0 Å². The molecule has 5 aromatic rings. The lowest BCUT2D eigenvalue weighted by Crippen LogP contribution is -2.12. The number of para-hydroxylation sites is 1. The highest BCUT2D eigenvalue weighted by Crippen LogP contribution is 2.33. The fraction of sp³-hybridized carbons (Fsp3) is 0.0385. The fourth-order valence-corrected chi connectivity index (χ4v) is 3.85.